The Hall–Kier alpha value is -2.66. The van der Waals surface area contributed by atoms with E-state index in [9.17, 15) is 9.90 Å². The molecule has 0 radical (unpaired) electrons. The second-order valence-corrected chi connectivity index (χ2v) is 5.49. The van der Waals surface area contributed by atoms with E-state index in [-0.39, 0.29) is 5.91 Å². The number of hydrogen-bond donors (Lipinski definition) is 1. The molecule has 0 aromatic heterocycles. The molecule has 2 atom stereocenters. The first kappa shape index (κ1) is 13.0. The number of likely N-dealkylation sites (N-methyl/N-ethyl adjacent to an activating group) is 1. The lowest BCUT2D eigenvalue weighted by Gasteiger charge is -2.42. The number of hydrazone groups is 1. The minimum atomic E-state index is -1.02. The largest absolute Gasteiger partial charge is 0.382 e. The molecule has 2 heterocycles. The highest BCUT2D eigenvalue weighted by Gasteiger charge is 2.59. The number of aliphatic hydroxyl groups excluding tert-OH is 1. The fourth-order valence-electron chi connectivity index (χ4n) is 3.40. The van der Waals surface area contributed by atoms with Gasteiger partial charge in [0.25, 0.3) is 5.91 Å². The summed E-state index contributed by atoms with van der Waals surface area (Å²) in [5.41, 5.74) is 1.19. The summed E-state index contributed by atoms with van der Waals surface area (Å²) >= 11 is 0. The van der Waals surface area contributed by atoms with Gasteiger partial charge in [-0.2, -0.15) is 5.10 Å². The molecule has 0 aliphatic carbocycles. The van der Waals surface area contributed by atoms with Gasteiger partial charge in [-0.05, 0) is 18.2 Å². The highest BCUT2D eigenvalue weighted by atomic mass is 16.3. The lowest BCUT2D eigenvalue weighted by Crippen LogP contribution is -2.57. The summed E-state index contributed by atoms with van der Waals surface area (Å²) in [7, 11) is 1.70. The van der Waals surface area contributed by atoms with Gasteiger partial charge in [-0.1, -0.05) is 36.4 Å². The summed E-state index contributed by atoms with van der Waals surface area (Å²) in [5, 5.41) is 16.8. The van der Waals surface area contributed by atoms with Gasteiger partial charge in [0.15, 0.2) is 5.66 Å². The highest BCUT2D eigenvalue weighted by Crippen LogP contribution is 2.47. The molecule has 1 amide bonds. The molecule has 2 aliphatic heterocycles. The van der Waals surface area contributed by atoms with Gasteiger partial charge >= 0.3 is 0 Å². The highest BCUT2D eigenvalue weighted by molar-refractivity contribution is 6.02. The Labute approximate surface area is 128 Å². The number of rotatable bonds is 1. The molecule has 5 heteroatoms. The lowest BCUT2D eigenvalue weighted by atomic mass is 9.93. The Morgan fingerprint density at radius 2 is 1.77 bits per heavy atom. The number of nitrogens with zero attached hydrogens (tertiary/aromatic N) is 3. The molecule has 1 N–H and O–H groups in total. The molecule has 0 saturated heterocycles. The fourth-order valence-corrected chi connectivity index (χ4v) is 3.40. The van der Waals surface area contributed by atoms with Gasteiger partial charge in [-0.25, -0.2) is 5.01 Å². The van der Waals surface area contributed by atoms with Crippen LogP contribution in [-0.2, 0) is 5.66 Å². The number of fused-ring (bicyclic) bond motifs is 2. The van der Waals surface area contributed by atoms with Crippen molar-refractivity contribution in [3.05, 3.63) is 65.7 Å². The van der Waals surface area contributed by atoms with Crippen molar-refractivity contribution in [1.29, 1.82) is 0 Å². The molecule has 22 heavy (non-hydrogen) atoms. The van der Waals surface area contributed by atoms with Crippen LogP contribution in [-0.4, -0.2) is 35.3 Å². The molecule has 1 spiro atoms. The Morgan fingerprint density at radius 1 is 1.09 bits per heavy atom. The molecule has 2 aromatic rings. The molecular formula is C17H15N3O2. The van der Waals surface area contributed by atoms with Crippen molar-refractivity contribution in [3.63, 3.8) is 0 Å². The number of carbonyl (C=O) groups excluding carboxylic acids is 1. The third-order valence-corrected chi connectivity index (χ3v) is 4.43. The molecule has 110 valence electrons. The van der Waals surface area contributed by atoms with Crippen LogP contribution in [0.5, 0.6) is 0 Å². The smallest absolute Gasteiger partial charge is 0.256 e. The molecule has 0 fully saturated rings. The predicted molar refractivity (Wildman–Crippen MR) is 83.6 cm³/mol. The molecule has 2 aliphatic rings. The maximum Gasteiger partial charge on any atom is 0.256 e. The van der Waals surface area contributed by atoms with E-state index in [1.165, 1.54) is 6.21 Å². The number of aliphatic hydroxyl groups is 1. The van der Waals surface area contributed by atoms with Gasteiger partial charge in [0.1, 0.15) is 6.10 Å². The monoisotopic (exact) mass is 293 g/mol. The average molecular weight is 293 g/mol. The maximum absolute atomic E-state index is 12.6. The second-order valence-electron chi connectivity index (χ2n) is 5.49. The zero-order valence-corrected chi connectivity index (χ0v) is 12.0. The maximum atomic E-state index is 12.6. The van der Waals surface area contributed by atoms with E-state index >= 15 is 0 Å². The molecule has 5 nitrogen and oxygen atoms in total. The van der Waals surface area contributed by atoms with Crippen molar-refractivity contribution < 1.29 is 9.90 Å². The first-order chi connectivity index (χ1) is 10.7. The quantitative estimate of drug-likeness (QED) is 0.872. The zero-order valence-electron chi connectivity index (χ0n) is 12.0. The average Bonchev–Trinajstić information content (AvgIpc) is 3.02. The summed E-state index contributed by atoms with van der Waals surface area (Å²) < 4.78 is 0. The van der Waals surface area contributed by atoms with E-state index in [0.717, 1.165) is 11.3 Å². The van der Waals surface area contributed by atoms with Crippen molar-refractivity contribution in [3.8, 4) is 0 Å². The van der Waals surface area contributed by atoms with Crippen LogP contribution in [0, 0.1) is 0 Å². The van der Waals surface area contributed by atoms with Crippen LogP contribution in [0.2, 0.25) is 0 Å². The summed E-state index contributed by atoms with van der Waals surface area (Å²) in [6.07, 6.45) is 0.587. The Kier molecular flexibility index (Phi) is 2.62. The van der Waals surface area contributed by atoms with Crippen LogP contribution in [0.1, 0.15) is 15.9 Å². The number of benzene rings is 2. The molecule has 4 rings (SSSR count). The molecule has 0 saturated carbocycles. The third kappa shape index (κ3) is 1.41. The van der Waals surface area contributed by atoms with E-state index in [1.807, 2.05) is 48.5 Å². The van der Waals surface area contributed by atoms with Crippen molar-refractivity contribution >= 4 is 17.8 Å². The van der Waals surface area contributed by atoms with E-state index in [0.29, 0.717) is 5.56 Å². The predicted octanol–water partition coefficient (Wildman–Crippen LogP) is 1.79. The number of amides is 1. The molecule has 0 unspecified atom stereocenters. The molecule has 0 bridgehead atoms. The minimum Gasteiger partial charge on any atom is -0.382 e. The normalized spacial score (nSPS) is 26.1. The van der Waals surface area contributed by atoms with Crippen LogP contribution >= 0.6 is 0 Å². The van der Waals surface area contributed by atoms with Crippen LogP contribution in [0.3, 0.4) is 0 Å². The summed E-state index contributed by atoms with van der Waals surface area (Å²) in [4.78, 5) is 14.2. The van der Waals surface area contributed by atoms with E-state index < -0.39 is 11.8 Å². The van der Waals surface area contributed by atoms with Crippen molar-refractivity contribution in [2.75, 3.05) is 12.1 Å². The number of anilines is 1. The molecule has 2 aromatic carbocycles. The first-order valence-electron chi connectivity index (χ1n) is 7.12. The standard InChI is InChI=1S/C17H15N3O2/c1-19-16(22)13-9-5-6-10-14(13)17(19)15(21)11-18-20(17)12-7-3-2-4-8-12/h2-11,15,21H,1H3/t15-,17+/m1/s1. The van der Waals surface area contributed by atoms with E-state index in [4.69, 9.17) is 0 Å². The van der Waals surface area contributed by atoms with E-state index in [2.05, 4.69) is 5.10 Å². The van der Waals surface area contributed by atoms with Gasteiger partial charge in [0.05, 0.1) is 11.9 Å². The Balaban J connectivity index is 1.97. The summed E-state index contributed by atoms with van der Waals surface area (Å²) in [5.74, 6) is -0.110. The SMILES string of the molecule is CN1C(=O)c2ccccc2[C@]12[C@H](O)C=NN2c1ccccc1. The topological polar surface area (TPSA) is 56.1 Å². The number of carbonyl (C=O) groups is 1. The molecular weight excluding hydrogens is 278 g/mol. The van der Waals surface area contributed by atoms with Gasteiger partial charge < -0.3 is 10.0 Å². The van der Waals surface area contributed by atoms with Crippen LogP contribution in [0.15, 0.2) is 59.7 Å². The van der Waals surface area contributed by atoms with Gasteiger partial charge in [0, 0.05) is 18.2 Å². The van der Waals surface area contributed by atoms with Crippen LogP contribution in [0.25, 0.3) is 0 Å². The van der Waals surface area contributed by atoms with Crippen molar-refractivity contribution in [2.45, 2.75) is 11.8 Å². The van der Waals surface area contributed by atoms with E-state index in [1.54, 1.807) is 23.0 Å². The van der Waals surface area contributed by atoms with Gasteiger partial charge in [-0.15, -0.1) is 0 Å². The van der Waals surface area contributed by atoms with Gasteiger partial charge in [-0.3, -0.25) is 4.79 Å². The third-order valence-electron chi connectivity index (χ3n) is 4.43. The number of para-hydroxylation sites is 1. The second kappa shape index (κ2) is 4.42. The van der Waals surface area contributed by atoms with Crippen molar-refractivity contribution in [1.82, 2.24) is 4.90 Å². The lowest BCUT2D eigenvalue weighted by molar-refractivity contribution is 0.0307. The first-order valence-corrected chi connectivity index (χ1v) is 7.12. The minimum absolute atomic E-state index is 0.110. The zero-order chi connectivity index (χ0) is 15.3. The number of hydrogen-bond acceptors (Lipinski definition) is 4. The Morgan fingerprint density at radius 3 is 2.55 bits per heavy atom. The fraction of sp³-hybridized carbons (Fsp3) is 0.176. The summed E-state index contributed by atoms with van der Waals surface area (Å²) in [6.45, 7) is 0. The van der Waals surface area contributed by atoms with Crippen LogP contribution < -0.4 is 5.01 Å². The summed E-state index contributed by atoms with van der Waals surface area (Å²) in [6, 6.07) is 16.9. The van der Waals surface area contributed by atoms with Crippen molar-refractivity contribution in [2.24, 2.45) is 5.10 Å². The van der Waals surface area contributed by atoms with Crippen LogP contribution in [0.4, 0.5) is 5.69 Å². The van der Waals surface area contributed by atoms with Gasteiger partial charge in [0.2, 0.25) is 0 Å². The Bertz CT molecular complexity index is 774.